The summed E-state index contributed by atoms with van der Waals surface area (Å²) in [5.41, 5.74) is 1.13. The molecular weight excluding hydrogens is 547 g/mol. The van der Waals surface area contributed by atoms with E-state index in [-0.39, 0.29) is 30.4 Å². The molecule has 1 heterocycles. The lowest BCUT2D eigenvalue weighted by Crippen LogP contribution is -2.51. The van der Waals surface area contributed by atoms with E-state index in [4.69, 9.17) is 5.26 Å². The topological polar surface area (TPSA) is 109 Å². The van der Waals surface area contributed by atoms with E-state index in [9.17, 15) is 27.9 Å². The summed E-state index contributed by atoms with van der Waals surface area (Å²) in [6.45, 7) is 9.86. The highest BCUT2D eigenvalue weighted by atomic mass is 19.4. The van der Waals surface area contributed by atoms with Crippen molar-refractivity contribution in [1.82, 2.24) is 20.4 Å². The lowest BCUT2D eigenvalue weighted by atomic mass is 9.97. The molecule has 1 aliphatic heterocycles. The molecule has 1 aliphatic rings. The van der Waals surface area contributed by atoms with E-state index >= 15 is 0 Å². The molecule has 1 fully saturated rings. The number of benzene rings is 2. The Labute approximate surface area is 245 Å². The molecule has 0 saturated carbocycles. The van der Waals surface area contributed by atoms with Crippen LogP contribution in [-0.2, 0) is 4.79 Å². The Balaban J connectivity index is 1.70. The molecular formula is C31H40F3N5O3. The van der Waals surface area contributed by atoms with E-state index in [1.807, 2.05) is 13.8 Å². The third kappa shape index (κ3) is 9.54. The fraction of sp³-hybridized carbons (Fsp3) is 0.516. The van der Waals surface area contributed by atoms with E-state index < -0.39 is 29.8 Å². The van der Waals surface area contributed by atoms with Crippen LogP contribution in [0.25, 0.3) is 11.1 Å². The smallest absolute Gasteiger partial charge is 0.389 e. The van der Waals surface area contributed by atoms with Crippen LogP contribution in [0.15, 0.2) is 48.5 Å². The molecule has 0 aliphatic carbocycles. The number of nitriles is 1. The number of aliphatic hydroxyl groups is 1. The van der Waals surface area contributed by atoms with Gasteiger partial charge in [-0.2, -0.15) is 18.4 Å². The molecule has 2 aromatic rings. The van der Waals surface area contributed by atoms with Crippen molar-refractivity contribution in [1.29, 1.82) is 5.26 Å². The zero-order chi connectivity index (χ0) is 31.1. The molecule has 11 heteroatoms. The SMILES string of the molecule is CC(C)C[C@H](NC(c1ccc(-c2ccc(C(=O)N3CCN(CC(C)(C)O)CC3)cc2)cc1)C(F)(F)F)C(=O)NCC#N. The van der Waals surface area contributed by atoms with Gasteiger partial charge in [0.2, 0.25) is 5.91 Å². The molecule has 42 heavy (non-hydrogen) atoms. The van der Waals surface area contributed by atoms with E-state index in [0.29, 0.717) is 43.9 Å². The van der Waals surface area contributed by atoms with Gasteiger partial charge < -0.3 is 15.3 Å². The van der Waals surface area contributed by atoms with Crippen molar-refractivity contribution in [2.24, 2.45) is 5.92 Å². The first-order valence-corrected chi connectivity index (χ1v) is 14.1. The summed E-state index contributed by atoms with van der Waals surface area (Å²) >= 11 is 0. The maximum absolute atomic E-state index is 14.1. The van der Waals surface area contributed by atoms with Crippen molar-refractivity contribution in [2.75, 3.05) is 39.3 Å². The van der Waals surface area contributed by atoms with Crippen molar-refractivity contribution in [3.63, 3.8) is 0 Å². The molecule has 0 bridgehead atoms. The Hall–Kier alpha value is -3.46. The van der Waals surface area contributed by atoms with Gasteiger partial charge in [-0.3, -0.25) is 19.8 Å². The predicted octanol–water partition coefficient (Wildman–Crippen LogP) is 4.13. The largest absolute Gasteiger partial charge is 0.407 e. The van der Waals surface area contributed by atoms with Gasteiger partial charge >= 0.3 is 6.18 Å². The fourth-order valence-electron chi connectivity index (χ4n) is 5.07. The van der Waals surface area contributed by atoms with Gasteiger partial charge in [-0.1, -0.05) is 50.2 Å². The minimum Gasteiger partial charge on any atom is -0.389 e. The Bertz CT molecular complexity index is 1230. The van der Waals surface area contributed by atoms with Crippen molar-refractivity contribution in [3.05, 3.63) is 59.7 Å². The van der Waals surface area contributed by atoms with Gasteiger partial charge in [0.1, 0.15) is 12.6 Å². The fourth-order valence-corrected chi connectivity index (χ4v) is 5.07. The van der Waals surface area contributed by atoms with Crippen molar-refractivity contribution < 1.29 is 27.9 Å². The van der Waals surface area contributed by atoms with Crippen LogP contribution >= 0.6 is 0 Å². The molecule has 2 atom stereocenters. The number of carbonyl (C=O) groups excluding carboxylic acids is 2. The quantitative estimate of drug-likeness (QED) is 0.341. The van der Waals surface area contributed by atoms with Crippen LogP contribution < -0.4 is 10.6 Å². The summed E-state index contributed by atoms with van der Waals surface area (Å²) in [5.74, 6) is -0.792. The lowest BCUT2D eigenvalue weighted by molar-refractivity contribution is -0.161. The number of alkyl halides is 3. The second-order valence-electron chi connectivity index (χ2n) is 11.8. The molecule has 8 nitrogen and oxygen atoms in total. The average Bonchev–Trinajstić information content (AvgIpc) is 2.92. The molecule has 2 aromatic carbocycles. The van der Waals surface area contributed by atoms with Crippen LogP contribution in [0.1, 0.15) is 56.1 Å². The second kappa shape index (κ2) is 14.1. The number of β-amino-alcohol motifs (C(OH)–C–C–N with tert-alkyl or cyclic N) is 1. The summed E-state index contributed by atoms with van der Waals surface area (Å²) in [4.78, 5) is 29.4. The summed E-state index contributed by atoms with van der Waals surface area (Å²) in [6.07, 6.45) is -4.49. The summed E-state index contributed by atoms with van der Waals surface area (Å²) in [7, 11) is 0. The number of rotatable bonds is 11. The van der Waals surface area contributed by atoms with Crippen LogP contribution in [-0.4, -0.2) is 83.8 Å². The standard InChI is InChI=1S/C31H40F3N5O3/c1-21(2)19-26(28(40)36-14-13-35)37-27(31(32,33)34)24-9-5-22(6-10-24)23-7-11-25(12-8-23)29(41)39-17-15-38(16-18-39)20-30(3,4)42/h5-12,21,26-27,37,42H,14-20H2,1-4H3,(H,36,40)/t26-,27?/m0/s1. The molecule has 228 valence electrons. The zero-order valence-corrected chi connectivity index (χ0v) is 24.5. The van der Waals surface area contributed by atoms with E-state index in [2.05, 4.69) is 15.5 Å². The second-order valence-corrected chi connectivity index (χ2v) is 11.8. The number of hydrogen-bond acceptors (Lipinski definition) is 6. The van der Waals surface area contributed by atoms with Crippen molar-refractivity contribution in [3.8, 4) is 17.2 Å². The lowest BCUT2D eigenvalue weighted by Gasteiger charge is -2.37. The number of nitrogens with zero attached hydrogens (tertiary/aromatic N) is 3. The van der Waals surface area contributed by atoms with Gasteiger partial charge in [0.15, 0.2) is 0 Å². The first kappa shape index (κ1) is 33.0. The molecule has 3 N–H and O–H groups in total. The molecule has 1 saturated heterocycles. The van der Waals surface area contributed by atoms with Crippen LogP contribution in [0.4, 0.5) is 13.2 Å². The van der Waals surface area contributed by atoms with Crippen LogP contribution in [0.3, 0.4) is 0 Å². The number of halogens is 3. The maximum Gasteiger partial charge on any atom is 0.407 e. The monoisotopic (exact) mass is 587 g/mol. The van der Waals surface area contributed by atoms with Gasteiger partial charge in [0.25, 0.3) is 5.91 Å². The van der Waals surface area contributed by atoms with Crippen molar-refractivity contribution in [2.45, 2.75) is 58.0 Å². The van der Waals surface area contributed by atoms with Gasteiger partial charge in [0, 0.05) is 38.3 Å². The number of carbonyl (C=O) groups is 2. The summed E-state index contributed by atoms with van der Waals surface area (Å²) in [5, 5.41) is 23.6. The molecule has 0 radical (unpaired) electrons. The highest BCUT2D eigenvalue weighted by Gasteiger charge is 2.43. The van der Waals surface area contributed by atoms with Gasteiger partial charge in [-0.15, -0.1) is 0 Å². The van der Waals surface area contributed by atoms with E-state index in [0.717, 1.165) is 5.56 Å². The number of nitrogens with one attached hydrogen (secondary N) is 2. The molecule has 1 unspecified atom stereocenters. The highest BCUT2D eigenvalue weighted by molar-refractivity contribution is 5.94. The first-order valence-electron chi connectivity index (χ1n) is 14.1. The van der Waals surface area contributed by atoms with E-state index in [1.54, 1.807) is 61.2 Å². The van der Waals surface area contributed by atoms with Crippen LogP contribution in [0, 0.1) is 17.2 Å². The van der Waals surface area contributed by atoms with Crippen molar-refractivity contribution >= 4 is 11.8 Å². The molecule has 0 spiro atoms. The third-order valence-electron chi connectivity index (χ3n) is 7.04. The van der Waals surface area contributed by atoms with Gasteiger partial charge in [-0.05, 0) is 55.0 Å². The van der Waals surface area contributed by atoms with Gasteiger partial charge in [0.05, 0.1) is 17.7 Å². The third-order valence-corrected chi connectivity index (χ3v) is 7.04. The summed E-state index contributed by atoms with van der Waals surface area (Å²) < 4.78 is 42.3. The molecule has 2 amide bonds. The number of amides is 2. The summed E-state index contributed by atoms with van der Waals surface area (Å²) in [6, 6.07) is 11.5. The molecule has 3 rings (SSSR count). The normalized spacial score (nSPS) is 16.1. The van der Waals surface area contributed by atoms with Crippen LogP contribution in [0.5, 0.6) is 0 Å². The molecule has 0 aromatic heterocycles. The highest BCUT2D eigenvalue weighted by Crippen LogP contribution is 2.34. The zero-order valence-electron chi connectivity index (χ0n) is 24.5. The Morgan fingerprint density at radius 2 is 1.52 bits per heavy atom. The first-order chi connectivity index (χ1) is 19.7. The Morgan fingerprint density at radius 1 is 0.976 bits per heavy atom. The Kier molecular flexibility index (Phi) is 11.1. The van der Waals surface area contributed by atoms with E-state index in [1.165, 1.54) is 12.1 Å². The number of piperazine rings is 1. The van der Waals surface area contributed by atoms with Crippen LogP contribution in [0.2, 0.25) is 0 Å². The minimum absolute atomic E-state index is 0.0383. The van der Waals surface area contributed by atoms with Gasteiger partial charge in [-0.25, -0.2) is 0 Å². The Morgan fingerprint density at radius 3 is 2.00 bits per heavy atom. The minimum atomic E-state index is -4.66. The number of hydrogen-bond donors (Lipinski definition) is 3. The predicted molar refractivity (Wildman–Crippen MR) is 154 cm³/mol. The maximum atomic E-state index is 14.1. The average molecular weight is 588 g/mol.